The van der Waals surface area contributed by atoms with Crippen molar-refractivity contribution in [2.45, 2.75) is 6.42 Å². The maximum Gasteiger partial charge on any atom is 0.258 e. The Morgan fingerprint density at radius 1 is 1.14 bits per heavy atom. The Balaban J connectivity index is 1.91. The van der Waals surface area contributed by atoms with Gasteiger partial charge in [-0.25, -0.2) is 0 Å². The molecule has 1 heterocycles. The van der Waals surface area contributed by atoms with Crippen molar-refractivity contribution in [1.29, 1.82) is 0 Å². The lowest BCUT2D eigenvalue weighted by molar-refractivity contribution is 0.0989. The van der Waals surface area contributed by atoms with Gasteiger partial charge in [0, 0.05) is 31.9 Å². The first-order chi connectivity index (χ1) is 10.1. The van der Waals surface area contributed by atoms with Gasteiger partial charge < -0.3 is 15.5 Å². The van der Waals surface area contributed by atoms with Crippen LogP contribution >= 0.6 is 0 Å². The number of benzene rings is 2. The second-order valence-electron chi connectivity index (χ2n) is 5.50. The Bertz CT molecular complexity index is 677. The number of carbonyl (C=O) groups excluding carboxylic acids is 1. The maximum absolute atomic E-state index is 12.7. The summed E-state index contributed by atoms with van der Waals surface area (Å²) in [5, 5.41) is 0. The van der Waals surface area contributed by atoms with Gasteiger partial charge in [0.1, 0.15) is 0 Å². The third-order valence-corrected chi connectivity index (χ3v) is 3.90. The second-order valence-corrected chi connectivity index (χ2v) is 5.50. The molecule has 0 saturated carbocycles. The smallest absolute Gasteiger partial charge is 0.258 e. The molecule has 108 valence electrons. The van der Waals surface area contributed by atoms with Crippen LogP contribution in [0.1, 0.15) is 15.9 Å². The molecule has 1 amide bonds. The second kappa shape index (κ2) is 5.13. The standard InChI is InChI=1S/C17H19N3O/c1-19(2)14-8-6-13(7-9-14)17(21)20-11-10-12-4-3-5-15(18)16(12)20/h3-9H,10-11,18H2,1-2H3. The first-order valence-corrected chi connectivity index (χ1v) is 7.04. The summed E-state index contributed by atoms with van der Waals surface area (Å²) in [7, 11) is 3.96. The van der Waals surface area contributed by atoms with Crippen LogP contribution in [0.25, 0.3) is 0 Å². The number of para-hydroxylation sites is 1. The molecule has 0 aromatic heterocycles. The summed E-state index contributed by atoms with van der Waals surface area (Å²) in [5.74, 6) is 0.0111. The van der Waals surface area contributed by atoms with E-state index in [2.05, 4.69) is 0 Å². The van der Waals surface area contributed by atoms with Crippen LogP contribution in [-0.2, 0) is 6.42 Å². The van der Waals surface area contributed by atoms with Crippen molar-refractivity contribution in [2.24, 2.45) is 0 Å². The number of nitrogen functional groups attached to an aromatic ring is 1. The number of anilines is 3. The Labute approximate surface area is 124 Å². The summed E-state index contributed by atoms with van der Waals surface area (Å²) in [6.07, 6.45) is 0.863. The summed E-state index contributed by atoms with van der Waals surface area (Å²) in [6.45, 7) is 0.692. The van der Waals surface area contributed by atoms with Crippen molar-refractivity contribution in [3.05, 3.63) is 53.6 Å². The van der Waals surface area contributed by atoms with Crippen molar-refractivity contribution >= 4 is 23.0 Å². The largest absolute Gasteiger partial charge is 0.397 e. The molecule has 2 N–H and O–H groups in total. The van der Waals surface area contributed by atoms with E-state index >= 15 is 0 Å². The molecule has 2 aromatic rings. The molecule has 4 heteroatoms. The summed E-state index contributed by atoms with van der Waals surface area (Å²) in [4.78, 5) is 16.5. The van der Waals surface area contributed by atoms with E-state index in [0.717, 1.165) is 23.4 Å². The van der Waals surface area contributed by atoms with Crippen molar-refractivity contribution < 1.29 is 4.79 Å². The number of amides is 1. The van der Waals surface area contributed by atoms with Gasteiger partial charge in [-0.1, -0.05) is 12.1 Å². The molecule has 3 rings (SSSR count). The van der Waals surface area contributed by atoms with Gasteiger partial charge in [-0.05, 0) is 42.3 Å². The number of fused-ring (bicyclic) bond motifs is 1. The minimum atomic E-state index is 0.0111. The van der Waals surface area contributed by atoms with Gasteiger partial charge in [0.2, 0.25) is 0 Å². The minimum absolute atomic E-state index is 0.0111. The average molecular weight is 281 g/mol. The molecular weight excluding hydrogens is 262 g/mol. The predicted octanol–water partition coefficient (Wildman–Crippen LogP) is 2.54. The molecule has 0 atom stereocenters. The first-order valence-electron chi connectivity index (χ1n) is 7.04. The van der Waals surface area contributed by atoms with Crippen LogP contribution in [0.3, 0.4) is 0 Å². The van der Waals surface area contributed by atoms with Crippen LogP contribution in [0.5, 0.6) is 0 Å². The molecular formula is C17H19N3O. The minimum Gasteiger partial charge on any atom is -0.397 e. The van der Waals surface area contributed by atoms with Gasteiger partial charge in [-0.2, -0.15) is 0 Å². The number of nitrogens with zero attached hydrogens (tertiary/aromatic N) is 2. The number of hydrogen-bond acceptors (Lipinski definition) is 3. The van der Waals surface area contributed by atoms with E-state index in [0.29, 0.717) is 17.8 Å². The summed E-state index contributed by atoms with van der Waals surface area (Å²) in [5.41, 5.74) is 10.5. The highest BCUT2D eigenvalue weighted by Gasteiger charge is 2.27. The molecule has 0 unspecified atom stereocenters. The van der Waals surface area contributed by atoms with E-state index in [9.17, 15) is 4.79 Å². The molecule has 0 fully saturated rings. The number of rotatable bonds is 2. The topological polar surface area (TPSA) is 49.6 Å². The molecule has 0 aliphatic carbocycles. The molecule has 1 aliphatic rings. The van der Waals surface area contributed by atoms with Gasteiger partial charge in [0.05, 0.1) is 11.4 Å². The lowest BCUT2D eigenvalue weighted by atomic mass is 10.1. The molecule has 0 spiro atoms. The van der Waals surface area contributed by atoms with Crippen LogP contribution < -0.4 is 15.5 Å². The highest BCUT2D eigenvalue weighted by Crippen LogP contribution is 2.34. The molecule has 4 nitrogen and oxygen atoms in total. The van der Waals surface area contributed by atoms with Crippen molar-refractivity contribution in [3.63, 3.8) is 0 Å². The highest BCUT2D eigenvalue weighted by molar-refractivity contribution is 6.09. The molecule has 0 saturated heterocycles. The monoisotopic (exact) mass is 281 g/mol. The van der Waals surface area contributed by atoms with Crippen molar-refractivity contribution in [1.82, 2.24) is 0 Å². The predicted molar refractivity (Wildman–Crippen MR) is 87.0 cm³/mol. The number of nitrogens with two attached hydrogens (primary N) is 1. The van der Waals surface area contributed by atoms with Crippen LogP contribution in [0.15, 0.2) is 42.5 Å². The summed E-state index contributed by atoms with van der Waals surface area (Å²) < 4.78 is 0. The van der Waals surface area contributed by atoms with E-state index in [1.807, 2.05) is 61.5 Å². The number of hydrogen-bond donors (Lipinski definition) is 1. The van der Waals surface area contributed by atoms with E-state index in [1.165, 1.54) is 0 Å². The third kappa shape index (κ3) is 2.33. The van der Waals surface area contributed by atoms with Gasteiger partial charge in [0.15, 0.2) is 0 Å². The zero-order valence-corrected chi connectivity index (χ0v) is 12.3. The van der Waals surface area contributed by atoms with E-state index in [-0.39, 0.29) is 5.91 Å². The van der Waals surface area contributed by atoms with Crippen molar-refractivity contribution in [2.75, 3.05) is 36.2 Å². The molecule has 21 heavy (non-hydrogen) atoms. The average Bonchev–Trinajstić information content (AvgIpc) is 2.92. The quantitative estimate of drug-likeness (QED) is 0.861. The Hall–Kier alpha value is -2.49. The van der Waals surface area contributed by atoms with Gasteiger partial charge in [-0.3, -0.25) is 4.79 Å². The fraction of sp³-hybridized carbons (Fsp3) is 0.235. The SMILES string of the molecule is CN(C)c1ccc(C(=O)N2CCc3cccc(N)c32)cc1. The normalized spacial score (nSPS) is 13.1. The zero-order valence-electron chi connectivity index (χ0n) is 12.3. The maximum atomic E-state index is 12.7. The van der Waals surface area contributed by atoms with Gasteiger partial charge in [-0.15, -0.1) is 0 Å². The van der Waals surface area contributed by atoms with Gasteiger partial charge >= 0.3 is 0 Å². The van der Waals surface area contributed by atoms with E-state index < -0.39 is 0 Å². The van der Waals surface area contributed by atoms with Crippen molar-refractivity contribution in [3.8, 4) is 0 Å². The van der Waals surface area contributed by atoms with Gasteiger partial charge in [0.25, 0.3) is 5.91 Å². The summed E-state index contributed by atoms with van der Waals surface area (Å²) in [6, 6.07) is 13.5. The van der Waals surface area contributed by atoms with Crippen LogP contribution in [0.2, 0.25) is 0 Å². The third-order valence-electron chi connectivity index (χ3n) is 3.90. The van der Waals surface area contributed by atoms with Crippen LogP contribution in [-0.4, -0.2) is 26.5 Å². The van der Waals surface area contributed by atoms with Crippen LogP contribution in [0.4, 0.5) is 17.1 Å². The Morgan fingerprint density at radius 2 is 1.86 bits per heavy atom. The fourth-order valence-electron chi connectivity index (χ4n) is 2.75. The lowest BCUT2D eigenvalue weighted by Crippen LogP contribution is -2.29. The molecule has 0 radical (unpaired) electrons. The molecule has 0 bridgehead atoms. The van der Waals surface area contributed by atoms with Crippen LogP contribution in [0, 0.1) is 0 Å². The number of carbonyl (C=O) groups is 1. The Morgan fingerprint density at radius 3 is 2.52 bits per heavy atom. The Kier molecular flexibility index (Phi) is 3.29. The van der Waals surface area contributed by atoms with E-state index in [4.69, 9.17) is 5.73 Å². The van der Waals surface area contributed by atoms with E-state index in [1.54, 1.807) is 4.90 Å². The fourth-order valence-corrected chi connectivity index (χ4v) is 2.75. The highest BCUT2D eigenvalue weighted by atomic mass is 16.2. The zero-order chi connectivity index (χ0) is 15.0. The molecule has 1 aliphatic heterocycles. The first kappa shape index (κ1) is 13.5. The summed E-state index contributed by atoms with van der Waals surface area (Å²) >= 11 is 0. The lowest BCUT2D eigenvalue weighted by Gasteiger charge is -2.19. The molecule has 2 aromatic carbocycles.